The van der Waals surface area contributed by atoms with Crippen molar-refractivity contribution in [2.75, 3.05) is 6.61 Å². The third-order valence-electron chi connectivity index (χ3n) is 5.87. The largest absolute Gasteiger partial charge is 0.487 e. The lowest BCUT2D eigenvalue weighted by Gasteiger charge is -2.33. The highest BCUT2D eigenvalue weighted by atomic mass is 19.4. The van der Waals surface area contributed by atoms with Gasteiger partial charge in [-0.15, -0.1) is 5.10 Å². The number of rotatable bonds is 9. The number of aliphatic hydroxyl groups is 1. The van der Waals surface area contributed by atoms with Gasteiger partial charge in [0.1, 0.15) is 35.6 Å². The van der Waals surface area contributed by atoms with E-state index in [2.05, 4.69) is 25.1 Å². The number of halogens is 7. The van der Waals surface area contributed by atoms with E-state index in [-0.39, 0.29) is 23.6 Å². The van der Waals surface area contributed by atoms with Crippen LogP contribution < -0.4 is 4.74 Å². The molecule has 0 amide bonds. The van der Waals surface area contributed by atoms with Gasteiger partial charge in [0, 0.05) is 17.5 Å². The molecule has 0 aliphatic heterocycles. The molecule has 15 heteroatoms. The van der Waals surface area contributed by atoms with Gasteiger partial charge in [0.2, 0.25) is 0 Å². The summed E-state index contributed by atoms with van der Waals surface area (Å²) >= 11 is 0. The molecule has 2 heterocycles. The number of benzene rings is 2. The average Bonchev–Trinajstić information content (AvgIpc) is 3.54. The molecule has 8 nitrogen and oxygen atoms in total. The van der Waals surface area contributed by atoms with E-state index in [1.807, 2.05) is 0 Å². The van der Waals surface area contributed by atoms with Crippen LogP contribution in [0.5, 0.6) is 5.75 Å². The quantitative estimate of drug-likeness (QED) is 0.314. The summed E-state index contributed by atoms with van der Waals surface area (Å²) in [5.41, 5.74) is -1.66. The Bertz CT molecular complexity index is 1380. The van der Waals surface area contributed by atoms with Gasteiger partial charge in [0.25, 0.3) is 0 Å². The lowest BCUT2D eigenvalue weighted by molar-refractivity contribution is -0.290. The molecule has 2 aromatic carbocycles. The summed E-state index contributed by atoms with van der Waals surface area (Å²) in [5, 5.41) is 23.6. The number of hydrogen-bond acceptors (Lipinski definition) is 6. The number of alkyl halides is 5. The normalized spacial score (nSPS) is 14.8. The van der Waals surface area contributed by atoms with Gasteiger partial charge in [-0.1, -0.05) is 18.2 Å². The predicted octanol–water partition coefficient (Wildman–Crippen LogP) is 4.40. The third kappa shape index (κ3) is 5.46. The van der Waals surface area contributed by atoms with Crippen LogP contribution in [0.2, 0.25) is 0 Å². The summed E-state index contributed by atoms with van der Waals surface area (Å²) in [6.45, 7) is -0.602. The lowest BCUT2D eigenvalue weighted by Crippen LogP contribution is -2.41. The van der Waals surface area contributed by atoms with Crippen LogP contribution in [-0.4, -0.2) is 53.6 Å². The van der Waals surface area contributed by atoms with E-state index < -0.39 is 41.9 Å². The molecule has 0 aliphatic carbocycles. The van der Waals surface area contributed by atoms with E-state index in [1.165, 1.54) is 52.5 Å². The molecule has 38 heavy (non-hydrogen) atoms. The highest BCUT2D eigenvalue weighted by Crippen LogP contribution is 2.39. The van der Waals surface area contributed by atoms with Gasteiger partial charge in [-0.05, 0) is 30.3 Å². The molecule has 2 aromatic heterocycles. The monoisotopic (exact) mass is 544 g/mol. The van der Waals surface area contributed by atoms with Crippen molar-refractivity contribution in [2.45, 2.75) is 37.1 Å². The van der Waals surface area contributed by atoms with Crippen molar-refractivity contribution in [2.24, 2.45) is 0 Å². The van der Waals surface area contributed by atoms with E-state index >= 15 is 0 Å². The van der Waals surface area contributed by atoms with Gasteiger partial charge in [-0.3, -0.25) is 0 Å². The predicted molar refractivity (Wildman–Crippen MR) is 117 cm³/mol. The molecule has 1 N–H and O–H groups in total. The van der Waals surface area contributed by atoms with Crippen LogP contribution in [-0.2, 0) is 12.1 Å². The summed E-state index contributed by atoms with van der Waals surface area (Å²) in [5.74, 6) is -8.00. The topological polar surface area (TPSA) is 90.9 Å². The van der Waals surface area contributed by atoms with Crippen molar-refractivity contribution in [1.29, 1.82) is 0 Å². The smallest absolute Gasteiger partial charge is 0.456 e. The van der Waals surface area contributed by atoms with Crippen molar-refractivity contribution in [3.05, 3.63) is 84.2 Å². The van der Waals surface area contributed by atoms with Gasteiger partial charge in [0.15, 0.2) is 6.61 Å². The van der Waals surface area contributed by atoms with E-state index in [1.54, 1.807) is 6.92 Å². The highest BCUT2D eigenvalue weighted by Gasteiger charge is 2.58. The van der Waals surface area contributed by atoms with Crippen molar-refractivity contribution in [3.8, 4) is 11.4 Å². The maximum absolute atomic E-state index is 14.8. The second-order valence-corrected chi connectivity index (χ2v) is 8.44. The standard InChI is InChI=1S/C23H19F7N6O2/c1-14(21(37,10-35-13-31-12-32-35)18-7-2-15(24)8-19(18)25)20-9-36(34-33-20)16-3-5-17(6-4-16)38-11-22(26,27)23(28,29)30/h2-9,12-14,37H,10-11H2,1H3/t14-,21+/m0/s1. The van der Waals surface area contributed by atoms with Gasteiger partial charge >= 0.3 is 12.1 Å². The lowest BCUT2D eigenvalue weighted by atomic mass is 9.80. The Balaban J connectivity index is 1.57. The summed E-state index contributed by atoms with van der Waals surface area (Å²) in [6.07, 6.45) is -1.80. The van der Waals surface area contributed by atoms with Gasteiger partial charge in [-0.2, -0.15) is 27.1 Å². The molecule has 0 saturated carbocycles. The first kappa shape index (κ1) is 27.0. The maximum Gasteiger partial charge on any atom is 0.456 e. The Morgan fingerprint density at radius 1 is 1.03 bits per heavy atom. The molecule has 4 aromatic rings. The van der Waals surface area contributed by atoms with E-state index in [0.717, 1.165) is 12.1 Å². The van der Waals surface area contributed by atoms with Crippen molar-refractivity contribution in [1.82, 2.24) is 29.8 Å². The Morgan fingerprint density at radius 3 is 2.34 bits per heavy atom. The van der Waals surface area contributed by atoms with Crippen molar-refractivity contribution in [3.63, 3.8) is 0 Å². The second-order valence-electron chi connectivity index (χ2n) is 8.44. The fraction of sp³-hybridized carbons (Fsp3) is 0.304. The Kier molecular flexibility index (Phi) is 7.14. The minimum absolute atomic E-state index is 0.196. The summed E-state index contributed by atoms with van der Waals surface area (Å²) in [6, 6.07) is 7.77. The van der Waals surface area contributed by atoms with E-state index in [9.17, 15) is 35.8 Å². The zero-order chi connectivity index (χ0) is 27.7. The SMILES string of the molecule is C[C@@H](c1cn(-c2ccc(OCC(F)(F)C(F)(F)F)cc2)nn1)[C@](O)(Cn1cncn1)c1ccc(F)cc1F. The van der Waals surface area contributed by atoms with Crippen LogP contribution in [0.1, 0.15) is 24.1 Å². The molecular weight excluding hydrogens is 525 g/mol. The molecule has 0 spiro atoms. The molecule has 4 rings (SSSR count). The molecule has 0 aliphatic rings. The molecule has 0 fully saturated rings. The van der Waals surface area contributed by atoms with Crippen molar-refractivity contribution < 1.29 is 40.6 Å². The first-order chi connectivity index (χ1) is 17.8. The first-order valence-electron chi connectivity index (χ1n) is 10.9. The van der Waals surface area contributed by atoms with Crippen LogP contribution in [0.25, 0.3) is 5.69 Å². The second kappa shape index (κ2) is 10.0. The molecule has 0 bridgehead atoms. The summed E-state index contributed by atoms with van der Waals surface area (Å²) < 4.78 is 98.5. The number of hydrogen-bond donors (Lipinski definition) is 1. The molecule has 0 saturated heterocycles. The fourth-order valence-electron chi connectivity index (χ4n) is 3.65. The van der Waals surface area contributed by atoms with E-state index in [4.69, 9.17) is 0 Å². The number of nitrogens with zero attached hydrogens (tertiary/aromatic N) is 6. The Morgan fingerprint density at radius 2 is 1.74 bits per heavy atom. The first-order valence-corrected chi connectivity index (χ1v) is 10.9. The van der Waals surface area contributed by atoms with Crippen LogP contribution >= 0.6 is 0 Å². The zero-order valence-corrected chi connectivity index (χ0v) is 19.4. The molecule has 0 unspecified atom stereocenters. The van der Waals surface area contributed by atoms with Crippen LogP contribution in [0.3, 0.4) is 0 Å². The maximum atomic E-state index is 14.8. The Hall–Kier alpha value is -4.01. The van der Waals surface area contributed by atoms with Gasteiger partial charge in [0.05, 0.1) is 24.1 Å². The van der Waals surface area contributed by atoms with Crippen LogP contribution in [0.15, 0.2) is 61.3 Å². The third-order valence-corrected chi connectivity index (χ3v) is 5.87. The molecule has 202 valence electrons. The van der Waals surface area contributed by atoms with Crippen molar-refractivity contribution >= 4 is 0 Å². The van der Waals surface area contributed by atoms with Gasteiger partial charge in [-0.25, -0.2) is 23.1 Å². The Labute approximate surface area is 210 Å². The minimum Gasteiger partial charge on any atom is -0.487 e. The zero-order valence-electron chi connectivity index (χ0n) is 19.4. The summed E-state index contributed by atoms with van der Waals surface area (Å²) in [7, 11) is 0. The summed E-state index contributed by atoms with van der Waals surface area (Å²) in [4.78, 5) is 3.81. The highest BCUT2D eigenvalue weighted by molar-refractivity contribution is 5.37. The van der Waals surface area contributed by atoms with E-state index in [0.29, 0.717) is 11.8 Å². The number of aromatic nitrogens is 6. The van der Waals surface area contributed by atoms with Gasteiger partial charge < -0.3 is 9.84 Å². The molecule has 0 radical (unpaired) electrons. The molecule has 2 atom stereocenters. The number of ether oxygens (including phenoxy) is 1. The average molecular weight is 544 g/mol. The van der Waals surface area contributed by atoms with Crippen LogP contribution in [0, 0.1) is 11.6 Å². The van der Waals surface area contributed by atoms with Crippen LogP contribution in [0.4, 0.5) is 30.7 Å². The fourth-order valence-corrected chi connectivity index (χ4v) is 3.65. The molecular formula is C23H19F7N6O2. The minimum atomic E-state index is -5.74.